The average Bonchev–Trinajstić information content (AvgIpc) is 3.40. The standard InChI is InChI=1S/C23H24F2N4O/c1-2-22-21(14-27-29(22)20-9-5-18(25)6-10-20)23(30)26-13-16-11-12-28(15-16)19-7-3-17(24)4-8-19/h3-10,14,16H,2,11-13,15H2,1H3,(H,26,30). The Balaban J connectivity index is 1.39. The van der Waals surface area contributed by atoms with Crippen molar-refractivity contribution in [2.75, 3.05) is 24.5 Å². The number of benzene rings is 2. The maximum Gasteiger partial charge on any atom is 0.254 e. The van der Waals surface area contributed by atoms with E-state index in [-0.39, 0.29) is 17.5 Å². The summed E-state index contributed by atoms with van der Waals surface area (Å²) in [6.07, 6.45) is 3.16. The predicted octanol–water partition coefficient (Wildman–Crippen LogP) is 3.97. The van der Waals surface area contributed by atoms with Crippen molar-refractivity contribution in [2.45, 2.75) is 19.8 Å². The van der Waals surface area contributed by atoms with Gasteiger partial charge in [-0.15, -0.1) is 0 Å². The van der Waals surface area contributed by atoms with E-state index in [0.717, 1.165) is 36.6 Å². The Morgan fingerprint density at radius 1 is 1.07 bits per heavy atom. The number of hydrogen-bond donors (Lipinski definition) is 1. The van der Waals surface area contributed by atoms with Crippen molar-refractivity contribution in [1.82, 2.24) is 15.1 Å². The fourth-order valence-electron chi connectivity index (χ4n) is 3.93. The second kappa shape index (κ2) is 8.65. The van der Waals surface area contributed by atoms with Crippen molar-refractivity contribution in [2.24, 2.45) is 5.92 Å². The first-order valence-corrected chi connectivity index (χ1v) is 10.2. The molecular weight excluding hydrogens is 386 g/mol. The van der Waals surface area contributed by atoms with Crippen molar-refractivity contribution in [3.8, 4) is 5.69 Å². The number of carbonyl (C=O) groups is 1. The topological polar surface area (TPSA) is 50.2 Å². The number of aromatic nitrogens is 2. The highest BCUT2D eigenvalue weighted by molar-refractivity contribution is 5.95. The summed E-state index contributed by atoms with van der Waals surface area (Å²) in [6.45, 7) is 4.24. The fraction of sp³-hybridized carbons (Fsp3) is 0.304. The van der Waals surface area contributed by atoms with Crippen LogP contribution in [0.2, 0.25) is 0 Å². The van der Waals surface area contributed by atoms with Crippen LogP contribution in [0.1, 0.15) is 29.4 Å². The zero-order valence-corrected chi connectivity index (χ0v) is 16.8. The predicted molar refractivity (Wildman–Crippen MR) is 112 cm³/mol. The number of nitrogens with one attached hydrogen (secondary N) is 1. The van der Waals surface area contributed by atoms with Crippen LogP contribution in [0, 0.1) is 17.6 Å². The minimum absolute atomic E-state index is 0.152. The van der Waals surface area contributed by atoms with Crippen LogP contribution >= 0.6 is 0 Å². The Morgan fingerprint density at radius 3 is 2.33 bits per heavy atom. The van der Waals surface area contributed by atoms with Gasteiger partial charge >= 0.3 is 0 Å². The largest absolute Gasteiger partial charge is 0.371 e. The minimum atomic E-state index is -0.312. The number of rotatable bonds is 6. The van der Waals surface area contributed by atoms with Crippen LogP contribution in [0.15, 0.2) is 54.7 Å². The molecule has 2 aromatic carbocycles. The average molecular weight is 410 g/mol. The number of amides is 1. The first-order chi connectivity index (χ1) is 14.5. The van der Waals surface area contributed by atoms with E-state index >= 15 is 0 Å². The van der Waals surface area contributed by atoms with Gasteiger partial charge in [-0.05, 0) is 67.3 Å². The lowest BCUT2D eigenvalue weighted by Crippen LogP contribution is -2.31. The van der Waals surface area contributed by atoms with Crippen LogP contribution in [-0.2, 0) is 6.42 Å². The van der Waals surface area contributed by atoms with E-state index < -0.39 is 0 Å². The molecule has 0 spiro atoms. The Labute approximate surface area is 174 Å². The highest BCUT2D eigenvalue weighted by Crippen LogP contribution is 2.24. The molecule has 1 saturated heterocycles. The molecule has 1 aromatic heterocycles. The molecule has 0 aliphatic carbocycles. The molecule has 1 aliphatic rings. The third-order valence-electron chi connectivity index (χ3n) is 5.55. The van der Waals surface area contributed by atoms with E-state index in [1.54, 1.807) is 35.1 Å². The van der Waals surface area contributed by atoms with Gasteiger partial charge in [0.15, 0.2) is 0 Å². The van der Waals surface area contributed by atoms with E-state index in [4.69, 9.17) is 0 Å². The summed E-state index contributed by atoms with van der Waals surface area (Å²) < 4.78 is 28.0. The molecule has 0 saturated carbocycles. The second-order valence-corrected chi connectivity index (χ2v) is 7.53. The smallest absolute Gasteiger partial charge is 0.254 e. The minimum Gasteiger partial charge on any atom is -0.371 e. The van der Waals surface area contributed by atoms with Crippen molar-refractivity contribution in [3.63, 3.8) is 0 Å². The lowest BCUT2D eigenvalue weighted by Gasteiger charge is -2.19. The SMILES string of the molecule is CCc1c(C(=O)NCC2CCN(c3ccc(F)cc3)C2)cnn1-c1ccc(F)cc1. The molecule has 7 heteroatoms. The third kappa shape index (κ3) is 4.20. The molecule has 2 heterocycles. The molecule has 1 atom stereocenters. The van der Waals surface area contributed by atoms with E-state index in [1.165, 1.54) is 24.3 Å². The molecule has 1 aliphatic heterocycles. The van der Waals surface area contributed by atoms with Gasteiger partial charge in [0.25, 0.3) is 5.91 Å². The maximum absolute atomic E-state index is 13.2. The van der Waals surface area contributed by atoms with Gasteiger partial charge in [-0.2, -0.15) is 5.10 Å². The van der Waals surface area contributed by atoms with Gasteiger partial charge in [-0.3, -0.25) is 4.79 Å². The van der Waals surface area contributed by atoms with E-state index in [2.05, 4.69) is 15.3 Å². The molecular formula is C23H24F2N4O. The molecule has 30 heavy (non-hydrogen) atoms. The zero-order chi connectivity index (χ0) is 21.1. The summed E-state index contributed by atoms with van der Waals surface area (Å²) in [5, 5.41) is 7.37. The Kier molecular flexibility index (Phi) is 5.79. The molecule has 3 aromatic rings. The summed E-state index contributed by atoms with van der Waals surface area (Å²) in [4.78, 5) is 15.0. The molecule has 0 radical (unpaired) electrons. The number of nitrogens with zero attached hydrogens (tertiary/aromatic N) is 3. The van der Waals surface area contributed by atoms with Gasteiger partial charge in [-0.1, -0.05) is 6.92 Å². The number of hydrogen-bond acceptors (Lipinski definition) is 3. The van der Waals surface area contributed by atoms with Crippen LogP contribution in [0.5, 0.6) is 0 Å². The molecule has 1 amide bonds. The van der Waals surface area contributed by atoms with Crippen LogP contribution < -0.4 is 10.2 Å². The van der Waals surface area contributed by atoms with Gasteiger partial charge in [0.05, 0.1) is 23.1 Å². The first-order valence-electron chi connectivity index (χ1n) is 10.2. The first kappa shape index (κ1) is 20.1. The Bertz CT molecular complexity index is 1010. The fourth-order valence-corrected chi connectivity index (χ4v) is 3.93. The number of carbonyl (C=O) groups excluding carboxylic acids is 1. The van der Waals surface area contributed by atoms with Gasteiger partial charge in [0, 0.05) is 25.3 Å². The monoisotopic (exact) mass is 410 g/mol. The molecule has 1 fully saturated rings. The molecule has 5 nitrogen and oxygen atoms in total. The van der Waals surface area contributed by atoms with Gasteiger partial charge in [0.2, 0.25) is 0 Å². The summed E-state index contributed by atoms with van der Waals surface area (Å²) in [5.74, 6) is -0.375. The van der Waals surface area contributed by atoms with E-state index in [9.17, 15) is 13.6 Å². The van der Waals surface area contributed by atoms with Gasteiger partial charge in [0.1, 0.15) is 11.6 Å². The lowest BCUT2D eigenvalue weighted by molar-refractivity contribution is 0.0947. The van der Waals surface area contributed by atoms with E-state index in [1.807, 2.05) is 6.92 Å². The van der Waals surface area contributed by atoms with Gasteiger partial charge < -0.3 is 10.2 Å². The van der Waals surface area contributed by atoms with Crippen LogP contribution in [0.25, 0.3) is 5.69 Å². The summed E-state index contributed by atoms with van der Waals surface area (Å²) in [7, 11) is 0. The normalized spacial score (nSPS) is 16.1. The molecule has 4 rings (SSSR count). The molecule has 1 N–H and O–H groups in total. The van der Waals surface area contributed by atoms with Crippen molar-refractivity contribution in [3.05, 3.63) is 77.6 Å². The molecule has 156 valence electrons. The second-order valence-electron chi connectivity index (χ2n) is 7.53. The van der Waals surface area contributed by atoms with E-state index in [0.29, 0.717) is 24.4 Å². The van der Waals surface area contributed by atoms with Crippen LogP contribution in [0.4, 0.5) is 14.5 Å². The van der Waals surface area contributed by atoms with Crippen molar-refractivity contribution < 1.29 is 13.6 Å². The Morgan fingerprint density at radius 2 is 1.70 bits per heavy atom. The van der Waals surface area contributed by atoms with Gasteiger partial charge in [-0.25, -0.2) is 13.5 Å². The highest BCUT2D eigenvalue weighted by atomic mass is 19.1. The van der Waals surface area contributed by atoms with Crippen molar-refractivity contribution >= 4 is 11.6 Å². The number of anilines is 1. The van der Waals surface area contributed by atoms with Crippen LogP contribution in [-0.4, -0.2) is 35.3 Å². The third-order valence-corrected chi connectivity index (χ3v) is 5.55. The maximum atomic E-state index is 13.2. The number of halogens is 2. The highest BCUT2D eigenvalue weighted by Gasteiger charge is 2.24. The quantitative estimate of drug-likeness (QED) is 0.669. The summed E-state index contributed by atoms with van der Waals surface area (Å²) in [6, 6.07) is 12.6. The lowest BCUT2D eigenvalue weighted by atomic mass is 10.1. The molecule has 0 bridgehead atoms. The molecule has 1 unspecified atom stereocenters. The Hall–Kier alpha value is -3.22. The summed E-state index contributed by atoms with van der Waals surface area (Å²) in [5.41, 5.74) is 3.05. The van der Waals surface area contributed by atoms with Crippen molar-refractivity contribution in [1.29, 1.82) is 0 Å². The summed E-state index contributed by atoms with van der Waals surface area (Å²) >= 11 is 0. The zero-order valence-electron chi connectivity index (χ0n) is 16.8. The van der Waals surface area contributed by atoms with Crippen LogP contribution in [0.3, 0.4) is 0 Å².